The maximum absolute atomic E-state index is 11.8. The number of carbonyl (C=O) groups is 2. The number of ketones is 1. The van der Waals surface area contributed by atoms with Crippen LogP contribution >= 0.6 is 0 Å². The number of ether oxygens (including phenoxy) is 2. The molecule has 84 valence electrons. The third kappa shape index (κ3) is 1.91. The number of para-hydroxylation sites is 1. The van der Waals surface area contributed by atoms with Crippen LogP contribution in [0.5, 0.6) is 5.75 Å². The fraction of sp³-hybridized carbons (Fsp3) is 0.333. The molecule has 0 amide bonds. The van der Waals surface area contributed by atoms with E-state index < -0.39 is 12.1 Å². The minimum Gasteiger partial charge on any atom is -0.481 e. The van der Waals surface area contributed by atoms with Crippen molar-refractivity contribution in [3.8, 4) is 5.75 Å². The minimum atomic E-state index is -0.726. The van der Waals surface area contributed by atoms with E-state index in [0.717, 1.165) is 0 Å². The largest absolute Gasteiger partial charge is 0.481 e. The molecule has 0 radical (unpaired) electrons. The van der Waals surface area contributed by atoms with Crippen molar-refractivity contribution in [2.45, 2.75) is 19.4 Å². The second-order valence-electron chi connectivity index (χ2n) is 3.48. The first-order valence-electron chi connectivity index (χ1n) is 5.18. The molecule has 0 aliphatic carbocycles. The molecule has 0 saturated carbocycles. The summed E-state index contributed by atoms with van der Waals surface area (Å²) in [6.45, 7) is 2.04. The normalized spacial score (nSPS) is 17.8. The number of hydrogen-bond donors (Lipinski definition) is 0. The van der Waals surface area contributed by atoms with Crippen molar-refractivity contribution in [3.05, 3.63) is 29.8 Å². The molecule has 0 N–H and O–H groups in total. The number of rotatable bonds is 3. The molecule has 0 bridgehead atoms. The molecule has 0 aromatic heterocycles. The molecule has 1 aliphatic rings. The highest BCUT2D eigenvalue weighted by molar-refractivity contribution is 6.05. The SMILES string of the molecule is CCOC(=O)C[C@H]1Oc2ccccc2C1=O. The summed E-state index contributed by atoms with van der Waals surface area (Å²) in [7, 11) is 0. The highest BCUT2D eigenvalue weighted by Gasteiger charge is 2.33. The fourth-order valence-corrected chi connectivity index (χ4v) is 1.66. The van der Waals surface area contributed by atoms with Crippen molar-refractivity contribution in [2.75, 3.05) is 6.61 Å². The van der Waals surface area contributed by atoms with Gasteiger partial charge in [0.15, 0.2) is 6.10 Å². The monoisotopic (exact) mass is 220 g/mol. The van der Waals surface area contributed by atoms with E-state index in [-0.39, 0.29) is 12.2 Å². The maximum atomic E-state index is 11.8. The Kier molecular flexibility index (Phi) is 2.90. The number of hydrogen-bond acceptors (Lipinski definition) is 4. The van der Waals surface area contributed by atoms with E-state index in [0.29, 0.717) is 17.9 Å². The van der Waals surface area contributed by atoms with E-state index >= 15 is 0 Å². The molecule has 0 saturated heterocycles. The van der Waals surface area contributed by atoms with Gasteiger partial charge in [0, 0.05) is 0 Å². The molecular formula is C12H12O4. The topological polar surface area (TPSA) is 52.6 Å². The van der Waals surface area contributed by atoms with E-state index in [9.17, 15) is 9.59 Å². The Labute approximate surface area is 93.2 Å². The molecule has 1 aromatic carbocycles. The quantitative estimate of drug-likeness (QED) is 0.726. The Balaban J connectivity index is 2.07. The molecule has 1 atom stereocenters. The first-order chi connectivity index (χ1) is 7.72. The van der Waals surface area contributed by atoms with Gasteiger partial charge in [-0.25, -0.2) is 0 Å². The van der Waals surface area contributed by atoms with Gasteiger partial charge in [0.2, 0.25) is 5.78 Å². The lowest BCUT2D eigenvalue weighted by Gasteiger charge is -2.07. The molecule has 1 heterocycles. The molecule has 0 fully saturated rings. The van der Waals surface area contributed by atoms with Crippen LogP contribution in [0.2, 0.25) is 0 Å². The minimum absolute atomic E-state index is 0.0264. The standard InChI is InChI=1S/C12H12O4/c1-2-15-11(13)7-10-12(14)8-5-3-4-6-9(8)16-10/h3-6,10H,2,7H2,1H3/t10-/m1/s1. The van der Waals surface area contributed by atoms with Gasteiger partial charge in [0.25, 0.3) is 0 Å². The summed E-state index contributed by atoms with van der Waals surface area (Å²) in [4.78, 5) is 23.0. The summed E-state index contributed by atoms with van der Waals surface area (Å²) in [5, 5.41) is 0. The van der Waals surface area contributed by atoms with E-state index in [1.54, 1.807) is 31.2 Å². The van der Waals surface area contributed by atoms with Crippen LogP contribution in [0.4, 0.5) is 0 Å². The zero-order chi connectivity index (χ0) is 11.5. The molecule has 2 rings (SSSR count). The second-order valence-corrected chi connectivity index (χ2v) is 3.48. The van der Waals surface area contributed by atoms with Crippen molar-refractivity contribution in [1.82, 2.24) is 0 Å². The van der Waals surface area contributed by atoms with Crippen LogP contribution in [0.15, 0.2) is 24.3 Å². The molecule has 16 heavy (non-hydrogen) atoms. The first-order valence-corrected chi connectivity index (χ1v) is 5.18. The molecule has 4 nitrogen and oxygen atoms in total. The van der Waals surface area contributed by atoms with Crippen LogP contribution in [0.3, 0.4) is 0 Å². The number of benzene rings is 1. The lowest BCUT2D eigenvalue weighted by molar-refractivity contribution is -0.144. The van der Waals surface area contributed by atoms with E-state index in [1.165, 1.54) is 0 Å². The average Bonchev–Trinajstić information content (AvgIpc) is 2.57. The van der Waals surface area contributed by atoms with Crippen LogP contribution in [-0.4, -0.2) is 24.5 Å². The average molecular weight is 220 g/mol. The Morgan fingerprint density at radius 1 is 1.44 bits per heavy atom. The van der Waals surface area contributed by atoms with Crippen molar-refractivity contribution in [3.63, 3.8) is 0 Å². The van der Waals surface area contributed by atoms with E-state index in [4.69, 9.17) is 9.47 Å². The van der Waals surface area contributed by atoms with E-state index in [1.807, 2.05) is 0 Å². The van der Waals surface area contributed by atoms with Gasteiger partial charge in [-0.1, -0.05) is 12.1 Å². The summed E-state index contributed by atoms with van der Waals surface area (Å²) in [6.07, 6.45) is -0.752. The Hall–Kier alpha value is -1.84. The lowest BCUT2D eigenvalue weighted by Crippen LogP contribution is -2.25. The number of fused-ring (bicyclic) bond motifs is 1. The summed E-state index contributed by atoms with van der Waals surface area (Å²) in [6, 6.07) is 6.98. The Morgan fingerprint density at radius 2 is 2.19 bits per heavy atom. The highest BCUT2D eigenvalue weighted by Crippen LogP contribution is 2.29. The number of Topliss-reactive ketones (excluding diaryl/α,β-unsaturated/α-hetero) is 1. The van der Waals surface area contributed by atoms with Gasteiger partial charge < -0.3 is 9.47 Å². The molecule has 0 unspecified atom stereocenters. The van der Waals surface area contributed by atoms with Crippen molar-refractivity contribution >= 4 is 11.8 Å². The first kappa shape index (κ1) is 10.7. The Bertz CT molecular complexity index is 425. The molecule has 1 aliphatic heterocycles. The Morgan fingerprint density at radius 3 is 2.88 bits per heavy atom. The predicted molar refractivity (Wildman–Crippen MR) is 56.4 cm³/mol. The number of esters is 1. The number of carbonyl (C=O) groups excluding carboxylic acids is 2. The summed E-state index contributed by atoms with van der Waals surface area (Å²) in [5.41, 5.74) is 0.539. The van der Waals surface area contributed by atoms with Crippen molar-refractivity contribution < 1.29 is 19.1 Å². The fourth-order valence-electron chi connectivity index (χ4n) is 1.66. The molecule has 1 aromatic rings. The molecule has 4 heteroatoms. The zero-order valence-electron chi connectivity index (χ0n) is 8.93. The van der Waals surface area contributed by atoms with Crippen LogP contribution in [0.25, 0.3) is 0 Å². The van der Waals surface area contributed by atoms with Gasteiger partial charge in [-0.05, 0) is 19.1 Å². The summed E-state index contributed by atoms with van der Waals surface area (Å²) >= 11 is 0. The van der Waals surface area contributed by atoms with Gasteiger partial charge >= 0.3 is 5.97 Å². The van der Waals surface area contributed by atoms with Crippen molar-refractivity contribution in [2.24, 2.45) is 0 Å². The van der Waals surface area contributed by atoms with Gasteiger partial charge in [-0.3, -0.25) is 9.59 Å². The summed E-state index contributed by atoms with van der Waals surface area (Å²) < 4.78 is 10.2. The van der Waals surface area contributed by atoms with Gasteiger partial charge in [0.1, 0.15) is 5.75 Å². The van der Waals surface area contributed by atoms with Crippen molar-refractivity contribution in [1.29, 1.82) is 0 Å². The third-order valence-corrected chi connectivity index (χ3v) is 2.37. The van der Waals surface area contributed by atoms with E-state index in [2.05, 4.69) is 0 Å². The van der Waals surface area contributed by atoms with Gasteiger partial charge in [-0.15, -0.1) is 0 Å². The predicted octanol–water partition coefficient (Wildman–Crippen LogP) is 1.58. The molecular weight excluding hydrogens is 208 g/mol. The van der Waals surface area contributed by atoms with Crippen LogP contribution in [-0.2, 0) is 9.53 Å². The smallest absolute Gasteiger partial charge is 0.310 e. The molecule has 0 spiro atoms. The van der Waals surface area contributed by atoms with Gasteiger partial charge in [-0.2, -0.15) is 0 Å². The van der Waals surface area contributed by atoms with Gasteiger partial charge in [0.05, 0.1) is 18.6 Å². The zero-order valence-corrected chi connectivity index (χ0v) is 8.93. The van der Waals surface area contributed by atoms with Crippen LogP contribution in [0.1, 0.15) is 23.7 Å². The maximum Gasteiger partial charge on any atom is 0.310 e. The highest BCUT2D eigenvalue weighted by atomic mass is 16.5. The lowest BCUT2D eigenvalue weighted by atomic mass is 10.1. The van der Waals surface area contributed by atoms with Crippen LogP contribution in [0, 0.1) is 0 Å². The second kappa shape index (κ2) is 4.35. The van der Waals surface area contributed by atoms with Crippen LogP contribution < -0.4 is 4.74 Å². The third-order valence-electron chi connectivity index (χ3n) is 2.37. The summed E-state index contributed by atoms with van der Waals surface area (Å²) in [5.74, 6) is -0.0147.